The van der Waals surface area contributed by atoms with E-state index in [0.29, 0.717) is 4.88 Å². The van der Waals surface area contributed by atoms with Crippen LogP contribution in [-0.2, 0) is 0 Å². The van der Waals surface area contributed by atoms with Gasteiger partial charge in [0.1, 0.15) is 4.83 Å². The Morgan fingerprint density at radius 1 is 1.45 bits per heavy atom. The van der Waals surface area contributed by atoms with E-state index < -0.39 is 11.3 Å². The minimum absolute atomic E-state index is 0.639. The molecule has 5 heteroatoms. The molecule has 0 aliphatic heterocycles. The Balaban J connectivity index is 2.84. The molecule has 1 aromatic heterocycles. The van der Waals surface area contributed by atoms with Gasteiger partial charge in [0.05, 0.1) is 0 Å². The lowest BCUT2D eigenvalue weighted by molar-refractivity contribution is 0.148. The van der Waals surface area contributed by atoms with Crippen LogP contribution in [0.3, 0.4) is 0 Å². The fourth-order valence-corrected chi connectivity index (χ4v) is 3.09. The van der Waals surface area contributed by atoms with Gasteiger partial charge in [-0.15, -0.1) is 11.3 Å². The summed E-state index contributed by atoms with van der Waals surface area (Å²) in [5, 5.41) is 1.77. The maximum absolute atomic E-state index is 12.1. The molecule has 1 rings (SSSR count). The van der Waals surface area contributed by atoms with Crippen LogP contribution in [0.1, 0.15) is 9.70 Å². The van der Waals surface area contributed by atoms with Gasteiger partial charge >= 0.3 is 0 Å². The minimum atomic E-state index is -2.36. The zero-order valence-corrected chi connectivity index (χ0v) is 9.22. The maximum atomic E-state index is 12.1. The van der Waals surface area contributed by atoms with Gasteiger partial charge in [-0.1, -0.05) is 15.9 Å². The normalized spacial score (nSPS) is 13.9. The van der Waals surface area contributed by atoms with Gasteiger partial charge in [-0.25, -0.2) is 8.78 Å². The Morgan fingerprint density at radius 3 is 2.45 bits per heavy atom. The molecule has 1 atom stereocenters. The Bertz CT molecular complexity index is 236. The van der Waals surface area contributed by atoms with Crippen LogP contribution in [0.5, 0.6) is 0 Å². The number of thiophene rings is 1. The summed E-state index contributed by atoms with van der Waals surface area (Å²) in [6.07, 6.45) is -2.36. The van der Waals surface area contributed by atoms with Crippen LogP contribution in [0.2, 0.25) is 0 Å². The summed E-state index contributed by atoms with van der Waals surface area (Å²) in [7, 11) is 0. The van der Waals surface area contributed by atoms with E-state index in [9.17, 15) is 8.78 Å². The molecule has 0 bridgehead atoms. The zero-order chi connectivity index (χ0) is 8.43. The number of alkyl halides is 3. The molecule has 0 aromatic carbocycles. The van der Waals surface area contributed by atoms with Crippen LogP contribution in [0, 0.1) is 0 Å². The monoisotopic (exact) mass is 304 g/mol. The van der Waals surface area contributed by atoms with Crippen LogP contribution in [0.15, 0.2) is 15.9 Å². The lowest BCUT2D eigenvalue weighted by Crippen LogP contribution is -1.99. The van der Waals surface area contributed by atoms with E-state index in [1.165, 1.54) is 11.3 Å². The molecule has 0 saturated carbocycles. The third kappa shape index (κ3) is 2.23. The van der Waals surface area contributed by atoms with E-state index in [-0.39, 0.29) is 0 Å². The van der Waals surface area contributed by atoms with Crippen molar-refractivity contribution in [1.82, 2.24) is 0 Å². The van der Waals surface area contributed by atoms with Gasteiger partial charge in [-0.2, -0.15) is 0 Å². The second kappa shape index (κ2) is 3.96. The first-order chi connectivity index (χ1) is 5.13. The number of halogens is 4. The smallest absolute Gasteiger partial charge is 0.209 e. The van der Waals surface area contributed by atoms with Crippen molar-refractivity contribution < 1.29 is 8.78 Å². The average Bonchev–Trinajstić information content (AvgIpc) is 2.33. The van der Waals surface area contributed by atoms with Gasteiger partial charge in [-0.3, -0.25) is 0 Å². The molecule has 1 aromatic rings. The van der Waals surface area contributed by atoms with Crippen LogP contribution in [0.4, 0.5) is 8.78 Å². The van der Waals surface area contributed by atoms with Crippen LogP contribution in [-0.4, -0.2) is 6.43 Å². The Kier molecular flexibility index (Phi) is 3.46. The lowest BCUT2D eigenvalue weighted by atomic mass is 10.3. The van der Waals surface area contributed by atoms with Gasteiger partial charge in [0.15, 0.2) is 0 Å². The van der Waals surface area contributed by atoms with E-state index in [2.05, 4.69) is 31.9 Å². The first-order valence-electron chi connectivity index (χ1n) is 2.78. The molecule has 0 nitrogen and oxygen atoms in total. The van der Waals surface area contributed by atoms with E-state index in [1.54, 1.807) is 11.4 Å². The highest BCUT2D eigenvalue weighted by atomic mass is 79.9. The summed E-state index contributed by atoms with van der Waals surface area (Å²) >= 11 is 7.41. The molecular weight excluding hydrogens is 302 g/mol. The molecule has 1 unspecified atom stereocenters. The van der Waals surface area contributed by atoms with E-state index >= 15 is 0 Å². The highest BCUT2D eigenvalue weighted by Gasteiger charge is 2.21. The van der Waals surface area contributed by atoms with Crippen LogP contribution >= 0.6 is 43.2 Å². The zero-order valence-electron chi connectivity index (χ0n) is 5.23. The van der Waals surface area contributed by atoms with E-state index in [4.69, 9.17) is 0 Å². The predicted molar refractivity (Wildman–Crippen MR) is 49.7 cm³/mol. The second-order valence-corrected chi connectivity index (χ2v) is 4.66. The first kappa shape index (κ1) is 9.61. The standard InChI is InChI=1S/C6H4Br2F2S/c7-3-1-2-11-5(3)4(8)6(9)10/h1-2,4,6H. The maximum Gasteiger partial charge on any atom is 0.255 e. The Morgan fingerprint density at radius 2 is 2.09 bits per heavy atom. The second-order valence-electron chi connectivity index (χ2n) is 1.87. The minimum Gasteiger partial charge on any atom is -0.209 e. The van der Waals surface area contributed by atoms with E-state index in [1.807, 2.05) is 0 Å². The molecule has 0 N–H and O–H groups in total. The quantitative estimate of drug-likeness (QED) is 0.718. The third-order valence-electron chi connectivity index (χ3n) is 1.12. The molecule has 0 aliphatic carbocycles. The fraction of sp³-hybridized carbons (Fsp3) is 0.333. The van der Waals surface area contributed by atoms with Crippen LogP contribution < -0.4 is 0 Å². The van der Waals surface area contributed by atoms with Gasteiger partial charge in [-0.05, 0) is 27.4 Å². The molecule has 0 saturated heterocycles. The molecule has 1 heterocycles. The third-order valence-corrected chi connectivity index (χ3v) is 4.23. The summed E-state index contributed by atoms with van der Waals surface area (Å²) in [6.45, 7) is 0. The average molecular weight is 306 g/mol. The van der Waals surface area contributed by atoms with Gasteiger partial charge < -0.3 is 0 Å². The van der Waals surface area contributed by atoms with E-state index in [0.717, 1.165) is 4.47 Å². The summed E-state index contributed by atoms with van der Waals surface area (Å²) in [6, 6.07) is 1.76. The highest BCUT2D eigenvalue weighted by molar-refractivity contribution is 9.11. The first-order valence-corrected chi connectivity index (χ1v) is 5.37. The van der Waals surface area contributed by atoms with Crippen molar-refractivity contribution in [1.29, 1.82) is 0 Å². The van der Waals surface area contributed by atoms with Crippen molar-refractivity contribution in [2.75, 3.05) is 0 Å². The molecule has 0 aliphatic rings. The largest absolute Gasteiger partial charge is 0.255 e. The summed E-state index contributed by atoms with van der Waals surface area (Å²) in [5.74, 6) is 0. The van der Waals surface area contributed by atoms with Gasteiger partial charge in [0.2, 0.25) is 0 Å². The van der Waals surface area contributed by atoms with Crippen molar-refractivity contribution in [2.45, 2.75) is 11.3 Å². The number of hydrogen-bond donors (Lipinski definition) is 0. The molecule has 0 fully saturated rings. The molecule has 0 radical (unpaired) electrons. The molecule has 0 amide bonds. The molecule has 0 spiro atoms. The van der Waals surface area contributed by atoms with Gasteiger partial charge in [0.25, 0.3) is 6.43 Å². The van der Waals surface area contributed by atoms with Crippen LogP contribution in [0.25, 0.3) is 0 Å². The van der Waals surface area contributed by atoms with Crippen molar-refractivity contribution in [3.8, 4) is 0 Å². The SMILES string of the molecule is FC(F)C(Br)c1sccc1Br. The lowest BCUT2D eigenvalue weighted by Gasteiger charge is -2.05. The van der Waals surface area contributed by atoms with Gasteiger partial charge in [0, 0.05) is 9.35 Å². The van der Waals surface area contributed by atoms with Crippen molar-refractivity contribution in [3.05, 3.63) is 20.8 Å². The summed E-state index contributed by atoms with van der Waals surface area (Å²) < 4.78 is 25.0. The highest BCUT2D eigenvalue weighted by Crippen LogP contribution is 2.37. The number of rotatable bonds is 2. The number of hydrogen-bond acceptors (Lipinski definition) is 1. The predicted octanol–water partition coefficient (Wildman–Crippen LogP) is 4.21. The summed E-state index contributed by atoms with van der Waals surface area (Å²) in [4.78, 5) is -0.211. The Hall–Kier alpha value is 0.520. The van der Waals surface area contributed by atoms with Crippen molar-refractivity contribution in [2.24, 2.45) is 0 Å². The van der Waals surface area contributed by atoms with Crippen molar-refractivity contribution >= 4 is 43.2 Å². The molecule has 11 heavy (non-hydrogen) atoms. The molecule has 62 valence electrons. The Labute approximate surface area is 83.9 Å². The molecular formula is C6H4Br2F2S. The summed E-state index contributed by atoms with van der Waals surface area (Å²) in [5.41, 5.74) is 0. The fourth-order valence-electron chi connectivity index (χ4n) is 0.617. The topological polar surface area (TPSA) is 0 Å². The van der Waals surface area contributed by atoms with Crippen molar-refractivity contribution in [3.63, 3.8) is 0 Å².